The quantitative estimate of drug-likeness (QED) is 0.263. The molecule has 2 rings (SSSR count). The molecular weight excluding hydrogens is 378 g/mol. The van der Waals surface area contributed by atoms with Crippen molar-refractivity contribution < 1.29 is 49.3 Å². The summed E-state index contributed by atoms with van der Waals surface area (Å²) in [6, 6.07) is 4.14. The average molecular weight is 401 g/mol. The van der Waals surface area contributed by atoms with Crippen molar-refractivity contribution in [2.24, 2.45) is 0 Å². The highest BCUT2D eigenvalue weighted by molar-refractivity contribution is 5.97. The molecule has 0 aromatic heterocycles. The molecule has 156 valence electrons. The van der Waals surface area contributed by atoms with Gasteiger partial charge in [0.25, 0.3) is 5.91 Å². The molecule has 0 bridgehead atoms. The molecule has 6 N–H and O–H groups in total. The van der Waals surface area contributed by atoms with Gasteiger partial charge < -0.3 is 45.1 Å². The lowest BCUT2D eigenvalue weighted by Gasteiger charge is -2.38. The van der Waals surface area contributed by atoms with Gasteiger partial charge in [-0.15, -0.1) is 0 Å². The van der Waals surface area contributed by atoms with Crippen molar-refractivity contribution >= 4 is 11.9 Å². The van der Waals surface area contributed by atoms with Crippen molar-refractivity contribution in [3.8, 4) is 5.75 Å². The van der Waals surface area contributed by atoms with Crippen LogP contribution in [0.1, 0.15) is 15.9 Å². The maximum absolute atomic E-state index is 12.4. The van der Waals surface area contributed by atoms with Crippen LogP contribution in [0.3, 0.4) is 0 Å². The van der Waals surface area contributed by atoms with E-state index in [0.717, 1.165) is 0 Å². The van der Waals surface area contributed by atoms with E-state index in [2.05, 4.69) is 5.32 Å². The second-order valence-electron chi connectivity index (χ2n) is 6.09. The van der Waals surface area contributed by atoms with Crippen LogP contribution in [0, 0.1) is 0 Å². The molecule has 1 aromatic rings. The number of methoxy groups -OCH3 is 1. The summed E-state index contributed by atoms with van der Waals surface area (Å²) >= 11 is 0. The third-order valence-corrected chi connectivity index (χ3v) is 4.12. The predicted octanol–water partition coefficient (Wildman–Crippen LogP) is -2.17. The van der Waals surface area contributed by atoms with Crippen LogP contribution in [0.4, 0.5) is 0 Å². The number of carboxylic acids is 1. The van der Waals surface area contributed by atoms with Crippen LogP contribution in [0.15, 0.2) is 18.2 Å². The minimum atomic E-state index is -1.86. The molecule has 1 aromatic carbocycles. The molecule has 1 heterocycles. The molecule has 1 saturated heterocycles. The van der Waals surface area contributed by atoms with Crippen LogP contribution >= 0.6 is 0 Å². The number of nitrogens with one attached hydrogen (secondary N) is 1. The van der Waals surface area contributed by atoms with Gasteiger partial charge in [0.2, 0.25) is 6.29 Å². The van der Waals surface area contributed by atoms with E-state index in [0.29, 0.717) is 5.56 Å². The number of carboxylic acid groups (broad SMARTS) is 1. The van der Waals surface area contributed by atoms with Crippen molar-refractivity contribution in [3.05, 3.63) is 29.3 Å². The van der Waals surface area contributed by atoms with Crippen molar-refractivity contribution in [1.29, 1.82) is 0 Å². The van der Waals surface area contributed by atoms with Gasteiger partial charge in [0.15, 0.2) is 6.10 Å². The van der Waals surface area contributed by atoms with E-state index >= 15 is 0 Å². The Kier molecular flexibility index (Phi) is 7.69. The fourth-order valence-corrected chi connectivity index (χ4v) is 2.59. The molecule has 0 spiro atoms. The maximum atomic E-state index is 12.4. The van der Waals surface area contributed by atoms with Crippen LogP contribution < -0.4 is 10.1 Å². The maximum Gasteiger partial charge on any atom is 0.335 e. The topological polar surface area (TPSA) is 175 Å². The fraction of sp³-hybridized carbons (Fsp3) is 0.529. The molecule has 0 aliphatic carbocycles. The van der Waals surface area contributed by atoms with E-state index in [1.807, 2.05) is 0 Å². The standard InChI is InChI=1S/C17H23NO10/c1-26-5-4-18-15(23)9-6-8(7-19)2-3-10(9)27-17-13(22)11(20)12(21)14(28-17)16(24)25/h2-3,6,11-14,17,19-22H,4-5,7H2,1H3,(H,18,23)(H,24,25)/t11-,12-,13+,14-,17+/m0/s1. The Bertz CT molecular complexity index is 697. The van der Waals surface area contributed by atoms with E-state index in [4.69, 9.17) is 19.3 Å². The van der Waals surface area contributed by atoms with Crippen molar-refractivity contribution in [3.63, 3.8) is 0 Å². The first-order valence-electron chi connectivity index (χ1n) is 8.40. The Morgan fingerprint density at radius 1 is 1.18 bits per heavy atom. The Morgan fingerprint density at radius 3 is 2.50 bits per heavy atom. The number of benzene rings is 1. The lowest BCUT2D eigenvalue weighted by atomic mass is 9.99. The van der Waals surface area contributed by atoms with Gasteiger partial charge in [-0.1, -0.05) is 6.07 Å². The normalized spacial score (nSPS) is 27.2. The third-order valence-electron chi connectivity index (χ3n) is 4.12. The molecule has 1 fully saturated rings. The number of amides is 1. The number of aliphatic hydroxyl groups excluding tert-OH is 4. The highest BCUT2D eigenvalue weighted by Gasteiger charge is 2.48. The van der Waals surface area contributed by atoms with Crippen LogP contribution in [0.25, 0.3) is 0 Å². The lowest BCUT2D eigenvalue weighted by molar-refractivity contribution is -0.271. The highest BCUT2D eigenvalue weighted by atomic mass is 16.7. The van der Waals surface area contributed by atoms with Gasteiger partial charge in [0, 0.05) is 13.7 Å². The van der Waals surface area contributed by atoms with Gasteiger partial charge in [0.1, 0.15) is 24.1 Å². The molecule has 1 aliphatic rings. The molecule has 0 saturated carbocycles. The second-order valence-corrected chi connectivity index (χ2v) is 6.09. The molecule has 1 amide bonds. The van der Waals surface area contributed by atoms with Gasteiger partial charge in [-0.3, -0.25) is 4.79 Å². The molecule has 28 heavy (non-hydrogen) atoms. The van der Waals surface area contributed by atoms with Crippen LogP contribution in [0.2, 0.25) is 0 Å². The largest absolute Gasteiger partial charge is 0.479 e. The zero-order valence-electron chi connectivity index (χ0n) is 15.0. The minimum absolute atomic E-state index is 0.00839. The number of hydrogen-bond donors (Lipinski definition) is 6. The van der Waals surface area contributed by atoms with Crippen LogP contribution in [-0.4, -0.2) is 88.4 Å². The van der Waals surface area contributed by atoms with Gasteiger partial charge in [-0.05, 0) is 17.7 Å². The van der Waals surface area contributed by atoms with Crippen LogP contribution in [0.5, 0.6) is 5.75 Å². The summed E-state index contributed by atoms with van der Waals surface area (Å²) in [5.41, 5.74) is 0.402. The predicted molar refractivity (Wildman–Crippen MR) is 91.5 cm³/mol. The van der Waals surface area contributed by atoms with Crippen molar-refractivity contribution in [1.82, 2.24) is 5.32 Å². The Balaban J connectivity index is 2.26. The van der Waals surface area contributed by atoms with Gasteiger partial charge >= 0.3 is 5.97 Å². The zero-order valence-corrected chi connectivity index (χ0v) is 15.0. The molecule has 0 unspecified atom stereocenters. The summed E-state index contributed by atoms with van der Waals surface area (Å²) in [6.07, 6.45) is -8.96. The smallest absolute Gasteiger partial charge is 0.335 e. The Labute approximate surface area is 160 Å². The Hall–Kier alpha value is -2.28. The van der Waals surface area contributed by atoms with Crippen LogP contribution in [-0.2, 0) is 20.9 Å². The SMILES string of the molecule is COCCNC(=O)c1cc(CO)ccc1O[C@@H]1O[C@H](C(=O)O)[C@@H](O)[C@H](O)[C@H]1O. The number of hydrogen-bond acceptors (Lipinski definition) is 9. The number of rotatable bonds is 8. The number of aliphatic hydroxyl groups is 4. The summed E-state index contributed by atoms with van der Waals surface area (Å²) in [5, 5.41) is 50.6. The fourth-order valence-electron chi connectivity index (χ4n) is 2.59. The number of ether oxygens (including phenoxy) is 3. The first kappa shape index (κ1) is 22.0. The van der Waals surface area contributed by atoms with E-state index < -0.39 is 42.6 Å². The molecule has 1 aliphatic heterocycles. The zero-order chi connectivity index (χ0) is 20.8. The summed E-state index contributed by atoms with van der Waals surface area (Å²) in [7, 11) is 1.47. The van der Waals surface area contributed by atoms with E-state index in [9.17, 15) is 30.0 Å². The first-order chi connectivity index (χ1) is 13.3. The Morgan fingerprint density at radius 2 is 1.89 bits per heavy atom. The molecule has 11 heteroatoms. The molecule has 0 radical (unpaired) electrons. The molecule has 11 nitrogen and oxygen atoms in total. The number of aliphatic carboxylic acids is 1. The van der Waals surface area contributed by atoms with E-state index in [1.165, 1.54) is 25.3 Å². The van der Waals surface area contributed by atoms with Crippen molar-refractivity contribution in [2.45, 2.75) is 37.3 Å². The number of carbonyl (C=O) groups excluding carboxylic acids is 1. The average Bonchev–Trinajstić information content (AvgIpc) is 2.68. The van der Waals surface area contributed by atoms with Gasteiger partial charge in [-0.2, -0.15) is 0 Å². The summed E-state index contributed by atoms with van der Waals surface area (Å²) in [6.45, 7) is 0.121. The minimum Gasteiger partial charge on any atom is -0.479 e. The third kappa shape index (κ3) is 4.95. The molecule has 5 atom stereocenters. The summed E-state index contributed by atoms with van der Waals surface area (Å²) < 4.78 is 15.3. The van der Waals surface area contributed by atoms with E-state index in [-0.39, 0.29) is 31.1 Å². The van der Waals surface area contributed by atoms with Gasteiger partial charge in [0.05, 0.1) is 18.8 Å². The molecular formula is C17H23NO10. The summed E-state index contributed by atoms with van der Waals surface area (Å²) in [4.78, 5) is 23.6. The number of carbonyl (C=O) groups is 2. The van der Waals surface area contributed by atoms with Gasteiger partial charge in [-0.25, -0.2) is 4.79 Å². The lowest BCUT2D eigenvalue weighted by Crippen LogP contribution is -2.61. The first-order valence-corrected chi connectivity index (χ1v) is 8.40. The van der Waals surface area contributed by atoms with Crippen molar-refractivity contribution in [2.75, 3.05) is 20.3 Å². The highest BCUT2D eigenvalue weighted by Crippen LogP contribution is 2.27. The second kappa shape index (κ2) is 9.78. The summed E-state index contributed by atoms with van der Waals surface area (Å²) in [5.74, 6) is -2.20. The monoisotopic (exact) mass is 401 g/mol. The van der Waals surface area contributed by atoms with E-state index in [1.54, 1.807) is 0 Å².